The maximum absolute atomic E-state index is 13.4. The van der Waals surface area contributed by atoms with E-state index in [-0.39, 0.29) is 17.0 Å². The summed E-state index contributed by atoms with van der Waals surface area (Å²) >= 11 is 0. The summed E-state index contributed by atoms with van der Waals surface area (Å²) < 4.78 is 8.47. The lowest BCUT2D eigenvalue weighted by atomic mass is 10.1. The van der Waals surface area contributed by atoms with Gasteiger partial charge in [-0.3, -0.25) is 14.3 Å². The Morgan fingerprint density at radius 2 is 1.84 bits per heavy atom. The fourth-order valence-electron chi connectivity index (χ4n) is 3.88. The van der Waals surface area contributed by atoms with Gasteiger partial charge in [0.2, 0.25) is 5.91 Å². The highest BCUT2D eigenvalue weighted by Crippen LogP contribution is 2.28. The average molecular weight is 418 g/mol. The van der Waals surface area contributed by atoms with Crippen molar-refractivity contribution in [3.05, 3.63) is 76.2 Å². The first kappa shape index (κ1) is 20.3. The number of methoxy groups -OCH3 is 1. The van der Waals surface area contributed by atoms with Crippen LogP contribution < -0.4 is 10.9 Å². The number of nitrogens with zero attached hydrogens (tertiary/aromatic N) is 3. The van der Waals surface area contributed by atoms with Crippen molar-refractivity contribution >= 4 is 34.1 Å². The van der Waals surface area contributed by atoms with Gasteiger partial charge in [-0.1, -0.05) is 31.2 Å². The number of ether oxygens (including phenoxy) is 1. The third-order valence-electron chi connectivity index (χ3n) is 5.27. The van der Waals surface area contributed by atoms with E-state index in [1.54, 1.807) is 28.8 Å². The Morgan fingerprint density at radius 1 is 1.13 bits per heavy atom. The number of hydrogen-bond acceptors (Lipinski definition) is 5. The highest BCUT2D eigenvalue weighted by molar-refractivity contribution is 6.03. The summed E-state index contributed by atoms with van der Waals surface area (Å²) in [6, 6.07) is 15.1. The first-order valence-corrected chi connectivity index (χ1v) is 9.94. The Morgan fingerprint density at radius 3 is 2.58 bits per heavy atom. The fourth-order valence-corrected chi connectivity index (χ4v) is 3.88. The van der Waals surface area contributed by atoms with E-state index in [1.165, 1.54) is 13.2 Å². The lowest BCUT2D eigenvalue weighted by molar-refractivity contribution is -0.119. The molecule has 158 valence electrons. The van der Waals surface area contributed by atoms with Crippen molar-refractivity contribution in [1.82, 2.24) is 14.2 Å². The third-order valence-corrected chi connectivity index (χ3v) is 5.27. The minimum Gasteiger partial charge on any atom is -0.465 e. The van der Waals surface area contributed by atoms with Gasteiger partial charge in [0.05, 0.1) is 23.9 Å². The van der Waals surface area contributed by atoms with Crippen LogP contribution in [-0.2, 0) is 9.53 Å². The molecule has 8 nitrogen and oxygen atoms in total. The smallest absolute Gasteiger partial charge is 0.339 e. The number of aryl methyl sites for hydroxylation is 1. The average Bonchev–Trinajstić information content (AvgIpc) is 3.09. The molecule has 4 aromatic rings. The Labute approximate surface area is 178 Å². The van der Waals surface area contributed by atoms with Crippen molar-refractivity contribution in [2.45, 2.75) is 26.3 Å². The lowest BCUT2D eigenvalue weighted by Gasteiger charge is -2.21. The third kappa shape index (κ3) is 3.46. The molecule has 0 saturated carbocycles. The molecule has 2 heterocycles. The summed E-state index contributed by atoms with van der Waals surface area (Å²) in [7, 11) is 1.30. The summed E-state index contributed by atoms with van der Waals surface area (Å²) in [5.41, 5.74) is 2.28. The molecule has 0 bridgehead atoms. The number of hydrogen-bond donors (Lipinski definition) is 1. The van der Waals surface area contributed by atoms with Crippen LogP contribution in [0.5, 0.6) is 0 Å². The molecule has 0 aliphatic carbocycles. The number of anilines is 1. The fraction of sp³-hybridized carbons (Fsp3) is 0.217. The molecule has 0 aliphatic rings. The summed E-state index contributed by atoms with van der Waals surface area (Å²) in [5.74, 6) is -0.821. The monoisotopic (exact) mass is 418 g/mol. The van der Waals surface area contributed by atoms with Crippen LogP contribution in [0, 0.1) is 6.92 Å². The maximum atomic E-state index is 13.4. The topological polar surface area (TPSA) is 94.7 Å². The van der Waals surface area contributed by atoms with E-state index in [0.717, 1.165) is 10.9 Å². The van der Waals surface area contributed by atoms with Crippen molar-refractivity contribution in [2.75, 3.05) is 12.4 Å². The second-order valence-corrected chi connectivity index (χ2v) is 7.18. The van der Waals surface area contributed by atoms with Crippen molar-refractivity contribution < 1.29 is 14.3 Å². The van der Waals surface area contributed by atoms with E-state index < -0.39 is 12.0 Å². The highest BCUT2D eigenvalue weighted by Gasteiger charge is 2.26. The minimum atomic E-state index is -0.615. The van der Waals surface area contributed by atoms with Crippen LogP contribution >= 0.6 is 0 Å². The normalized spacial score (nSPS) is 12.1. The van der Waals surface area contributed by atoms with Gasteiger partial charge >= 0.3 is 5.97 Å². The molecule has 4 rings (SSSR count). The number of fused-ring (bicyclic) bond motifs is 3. The zero-order valence-corrected chi connectivity index (χ0v) is 17.5. The molecule has 2 aromatic carbocycles. The van der Waals surface area contributed by atoms with Gasteiger partial charge in [0.25, 0.3) is 5.56 Å². The van der Waals surface area contributed by atoms with Crippen molar-refractivity contribution in [3.63, 3.8) is 0 Å². The van der Waals surface area contributed by atoms with Crippen molar-refractivity contribution in [2.24, 2.45) is 0 Å². The first-order chi connectivity index (χ1) is 15.0. The van der Waals surface area contributed by atoms with Crippen LogP contribution in [0.2, 0.25) is 0 Å². The number of carbonyl (C=O) groups excluding carboxylic acids is 2. The molecule has 1 atom stereocenters. The van der Waals surface area contributed by atoms with Crippen LogP contribution in [0.15, 0.2) is 59.4 Å². The summed E-state index contributed by atoms with van der Waals surface area (Å²) in [6.45, 7) is 3.71. The maximum Gasteiger partial charge on any atom is 0.339 e. The molecule has 1 amide bonds. The number of esters is 1. The van der Waals surface area contributed by atoms with E-state index >= 15 is 0 Å². The molecule has 0 fully saturated rings. The molecular formula is C23H22N4O4. The molecule has 8 heteroatoms. The SMILES string of the molecule is CC[C@H](C(=O)Nc1ccccc1C(=O)OC)n1c2ccccc2c2nc(=O)cc(C)n21. The number of carbonyl (C=O) groups is 2. The Bertz CT molecular complexity index is 1370. The van der Waals surface area contributed by atoms with Crippen LogP contribution in [0.4, 0.5) is 5.69 Å². The minimum absolute atomic E-state index is 0.275. The predicted octanol–water partition coefficient (Wildman–Crippen LogP) is 3.33. The summed E-state index contributed by atoms with van der Waals surface area (Å²) in [6.07, 6.45) is 0.478. The number of para-hydroxylation sites is 2. The zero-order valence-electron chi connectivity index (χ0n) is 17.5. The van der Waals surface area contributed by atoms with Gasteiger partial charge < -0.3 is 10.1 Å². The molecule has 0 spiro atoms. The number of benzene rings is 2. The Balaban J connectivity index is 1.86. The second-order valence-electron chi connectivity index (χ2n) is 7.18. The quantitative estimate of drug-likeness (QED) is 0.502. The summed E-state index contributed by atoms with van der Waals surface area (Å²) in [5, 5.41) is 3.65. The van der Waals surface area contributed by atoms with Crippen LogP contribution in [0.1, 0.15) is 35.4 Å². The molecule has 0 unspecified atom stereocenters. The molecule has 1 N–H and O–H groups in total. The molecule has 31 heavy (non-hydrogen) atoms. The molecular weight excluding hydrogens is 396 g/mol. The van der Waals surface area contributed by atoms with Crippen molar-refractivity contribution in [1.29, 1.82) is 0 Å². The van der Waals surface area contributed by atoms with Crippen molar-refractivity contribution in [3.8, 4) is 0 Å². The molecule has 0 aliphatic heterocycles. The predicted molar refractivity (Wildman–Crippen MR) is 117 cm³/mol. The number of aromatic nitrogens is 3. The first-order valence-electron chi connectivity index (χ1n) is 9.94. The van der Waals surface area contributed by atoms with E-state index in [4.69, 9.17) is 4.74 Å². The van der Waals surface area contributed by atoms with Gasteiger partial charge in [-0.05, 0) is 37.6 Å². The van der Waals surface area contributed by atoms with Gasteiger partial charge in [-0.15, -0.1) is 0 Å². The Hall–Kier alpha value is -3.94. The van der Waals surface area contributed by atoms with Gasteiger partial charge in [0.1, 0.15) is 6.04 Å². The van der Waals surface area contributed by atoms with E-state index in [0.29, 0.717) is 23.4 Å². The molecule has 0 saturated heterocycles. The standard InChI is InChI=1S/C23H22N4O4/c1-4-18(22(29)24-17-11-7-5-9-15(17)23(30)31-3)27-19-12-8-6-10-16(19)21-25-20(28)13-14(2)26(21)27/h5-13,18H,4H2,1-3H3,(H,24,29)/t18-/m1/s1. The van der Waals surface area contributed by atoms with Gasteiger partial charge in [-0.2, -0.15) is 4.98 Å². The van der Waals surface area contributed by atoms with E-state index in [1.807, 2.05) is 42.8 Å². The van der Waals surface area contributed by atoms with Gasteiger partial charge in [-0.25, -0.2) is 9.31 Å². The number of amides is 1. The van der Waals surface area contributed by atoms with Crippen LogP contribution in [0.25, 0.3) is 16.6 Å². The molecule has 2 aromatic heterocycles. The number of nitrogens with one attached hydrogen (secondary N) is 1. The van der Waals surface area contributed by atoms with Crippen LogP contribution in [0.3, 0.4) is 0 Å². The number of rotatable bonds is 5. The largest absolute Gasteiger partial charge is 0.465 e. The molecule has 0 radical (unpaired) electrons. The zero-order chi connectivity index (χ0) is 22.1. The second kappa shape index (κ2) is 8.06. The van der Waals surface area contributed by atoms with E-state index in [2.05, 4.69) is 10.3 Å². The summed E-state index contributed by atoms with van der Waals surface area (Å²) in [4.78, 5) is 41.7. The van der Waals surface area contributed by atoms with E-state index in [9.17, 15) is 14.4 Å². The Kier molecular flexibility index (Phi) is 5.29. The van der Waals surface area contributed by atoms with Crippen LogP contribution in [-0.4, -0.2) is 33.2 Å². The lowest BCUT2D eigenvalue weighted by Crippen LogP contribution is -2.29. The van der Waals surface area contributed by atoms with Gasteiger partial charge in [0.15, 0.2) is 5.65 Å². The highest BCUT2D eigenvalue weighted by atomic mass is 16.5. The van der Waals surface area contributed by atoms with Gasteiger partial charge in [0, 0.05) is 17.1 Å².